The van der Waals surface area contributed by atoms with Crippen LogP contribution in [0.15, 0.2) is 42.7 Å². The predicted molar refractivity (Wildman–Crippen MR) is 70.8 cm³/mol. The van der Waals surface area contributed by atoms with Crippen LogP contribution in [0.1, 0.15) is 16.7 Å². The number of aryl methyl sites for hydroxylation is 1. The Balaban J connectivity index is 1.80. The summed E-state index contributed by atoms with van der Waals surface area (Å²) in [5.74, 6) is -0.128. The summed E-state index contributed by atoms with van der Waals surface area (Å²) < 4.78 is 13.4. The lowest BCUT2D eigenvalue weighted by Gasteiger charge is -2.07. The van der Waals surface area contributed by atoms with E-state index in [4.69, 9.17) is 0 Å². The number of nitrogens with zero attached hydrogens (tertiary/aromatic N) is 1. The van der Waals surface area contributed by atoms with Crippen molar-refractivity contribution in [3.05, 3.63) is 65.2 Å². The zero-order valence-corrected chi connectivity index (χ0v) is 10.5. The molecule has 1 N–H and O–H groups in total. The van der Waals surface area contributed by atoms with E-state index in [2.05, 4.69) is 17.2 Å². The molecule has 2 aromatic rings. The number of halogens is 1. The molecule has 0 saturated carbocycles. The minimum absolute atomic E-state index is 0.128. The molecule has 1 aromatic carbocycles. The molecule has 1 heterocycles. The highest BCUT2D eigenvalue weighted by Crippen LogP contribution is 2.07. The molecular weight excluding hydrogens is 227 g/mol. The molecule has 2 rings (SSSR count). The highest BCUT2D eigenvalue weighted by atomic mass is 19.1. The predicted octanol–water partition coefficient (Wildman–Crippen LogP) is 2.86. The first kappa shape index (κ1) is 12.7. The van der Waals surface area contributed by atoms with Crippen LogP contribution < -0.4 is 5.32 Å². The van der Waals surface area contributed by atoms with Gasteiger partial charge in [-0.05, 0) is 48.7 Å². The summed E-state index contributed by atoms with van der Waals surface area (Å²) in [7, 11) is 0. The molecular formula is C15H17FN2. The van der Waals surface area contributed by atoms with Gasteiger partial charge in [0.2, 0.25) is 0 Å². The summed E-state index contributed by atoms with van der Waals surface area (Å²) in [4.78, 5) is 4.10. The average molecular weight is 244 g/mol. The van der Waals surface area contributed by atoms with E-state index in [1.165, 1.54) is 17.2 Å². The van der Waals surface area contributed by atoms with Gasteiger partial charge in [-0.3, -0.25) is 4.98 Å². The number of hydrogen-bond donors (Lipinski definition) is 1. The molecule has 0 spiro atoms. The topological polar surface area (TPSA) is 24.9 Å². The largest absolute Gasteiger partial charge is 0.312 e. The van der Waals surface area contributed by atoms with Gasteiger partial charge >= 0.3 is 0 Å². The molecule has 0 fully saturated rings. The average Bonchev–Trinajstić information content (AvgIpc) is 2.38. The third-order valence-corrected chi connectivity index (χ3v) is 2.99. The Bertz CT molecular complexity index is 464. The van der Waals surface area contributed by atoms with Crippen LogP contribution in [-0.2, 0) is 13.0 Å². The molecule has 0 unspecified atom stereocenters. The Morgan fingerprint density at radius 3 is 2.78 bits per heavy atom. The normalized spacial score (nSPS) is 10.6. The van der Waals surface area contributed by atoms with E-state index in [1.54, 1.807) is 12.3 Å². The first-order chi connectivity index (χ1) is 8.77. The van der Waals surface area contributed by atoms with Crippen molar-refractivity contribution in [3.63, 3.8) is 0 Å². The van der Waals surface area contributed by atoms with Gasteiger partial charge < -0.3 is 5.32 Å². The zero-order chi connectivity index (χ0) is 12.8. The highest BCUT2D eigenvalue weighted by Gasteiger charge is 2.00. The first-order valence-corrected chi connectivity index (χ1v) is 6.11. The first-order valence-electron chi connectivity index (χ1n) is 6.11. The number of rotatable bonds is 5. The molecule has 0 aliphatic carbocycles. The van der Waals surface area contributed by atoms with Gasteiger partial charge in [0.05, 0.1) is 0 Å². The minimum atomic E-state index is -0.128. The van der Waals surface area contributed by atoms with Gasteiger partial charge in [0, 0.05) is 18.9 Å². The maximum absolute atomic E-state index is 13.4. The van der Waals surface area contributed by atoms with Gasteiger partial charge in [-0.1, -0.05) is 18.2 Å². The Hall–Kier alpha value is -1.74. The van der Waals surface area contributed by atoms with Crippen molar-refractivity contribution in [2.75, 3.05) is 6.54 Å². The Morgan fingerprint density at radius 1 is 1.17 bits per heavy atom. The van der Waals surface area contributed by atoms with Crippen molar-refractivity contribution < 1.29 is 4.39 Å². The van der Waals surface area contributed by atoms with Crippen LogP contribution in [0.2, 0.25) is 0 Å². The van der Waals surface area contributed by atoms with Crippen molar-refractivity contribution in [2.45, 2.75) is 19.9 Å². The number of hydrogen-bond acceptors (Lipinski definition) is 2. The maximum Gasteiger partial charge on any atom is 0.126 e. The number of aromatic nitrogens is 1. The number of pyridine rings is 1. The van der Waals surface area contributed by atoms with Crippen LogP contribution in [0.4, 0.5) is 4.39 Å². The van der Waals surface area contributed by atoms with Crippen LogP contribution >= 0.6 is 0 Å². The molecule has 18 heavy (non-hydrogen) atoms. The van der Waals surface area contributed by atoms with Gasteiger partial charge in [0.25, 0.3) is 0 Å². The summed E-state index contributed by atoms with van der Waals surface area (Å²) in [5, 5.41) is 3.31. The van der Waals surface area contributed by atoms with Crippen LogP contribution in [0.3, 0.4) is 0 Å². The fourth-order valence-electron chi connectivity index (χ4n) is 1.83. The van der Waals surface area contributed by atoms with Gasteiger partial charge in [0.1, 0.15) is 5.82 Å². The second-order valence-corrected chi connectivity index (χ2v) is 4.32. The van der Waals surface area contributed by atoms with E-state index in [1.807, 2.05) is 24.4 Å². The van der Waals surface area contributed by atoms with Gasteiger partial charge in [-0.2, -0.15) is 0 Å². The molecule has 0 aliphatic heterocycles. The fraction of sp³-hybridized carbons (Fsp3) is 0.267. The minimum Gasteiger partial charge on any atom is -0.312 e. The summed E-state index contributed by atoms with van der Waals surface area (Å²) in [6.07, 6.45) is 4.36. The van der Waals surface area contributed by atoms with Crippen LogP contribution in [-0.4, -0.2) is 11.5 Å². The Kier molecular flexibility index (Phi) is 4.42. The molecule has 0 aliphatic rings. The lowest BCUT2D eigenvalue weighted by molar-refractivity contribution is 0.597. The number of nitrogens with one attached hydrogen (secondary N) is 1. The van der Waals surface area contributed by atoms with E-state index in [0.717, 1.165) is 18.7 Å². The van der Waals surface area contributed by atoms with Crippen LogP contribution in [0.5, 0.6) is 0 Å². The lowest BCUT2D eigenvalue weighted by atomic mass is 10.1. The SMILES string of the molecule is Cc1ccncc1CNCCc1ccccc1F. The quantitative estimate of drug-likeness (QED) is 0.818. The van der Waals surface area contributed by atoms with E-state index >= 15 is 0 Å². The van der Waals surface area contributed by atoms with Crippen molar-refractivity contribution >= 4 is 0 Å². The zero-order valence-electron chi connectivity index (χ0n) is 10.5. The summed E-state index contributed by atoms with van der Waals surface area (Å²) in [5.41, 5.74) is 3.17. The van der Waals surface area contributed by atoms with E-state index in [-0.39, 0.29) is 5.82 Å². The van der Waals surface area contributed by atoms with Crippen LogP contribution in [0.25, 0.3) is 0 Å². The smallest absolute Gasteiger partial charge is 0.126 e. The van der Waals surface area contributed by atoms with Crippen LogP contribution in [0, 0.1) is 12.7 Å². The number of benzene rings is 1. The van der Waals surface area contributed by atoms with Crippen molar-refractivity contribution in [2.24, 2.45) is 0 Å². The van der Waals surface area contributed by atoms with E-state index in [9.17, 15) is 4.39 Å². The molecule has 3 heteroatoms. The molecule has 0 bridgehead atoms. The fourth-order valence-corrected chi connectivity index (χ4v) is 1.83. The molecule has 2 nitrogen and oxygen atoms in total. The summed E-state index contributed by atoms with van der Waals surface area (Å²) in [6, 6.07) is 8.90. The monoisotopic (exact) mass is 244 g/mol. The van der Waals surface area contributed by atoms with Crippen molar-refractivity contribution in [1.29, 1.82) is 0 Å². The standard InChI is InChI=1S/C15H17FN2/c1-12-6-8-17-10-14(12)11-18-9-7-13-4-2-3-5-15(13)16/h2-6,8,10,18H,7,9,11H2,1H3. The lowest BCUT2D eigenvalue weighted by Crippen LogP contribution is -2.17. The maximum atomic E-state index is 13.4. The molecule has 94 valence electrons. The second kappa shape index (κ2) is 6.26. The van der Waals surface area contributed by atoms with Crippen molar-refractivity contribution in [1.82, 2.24) is 10.3 Å². The molecule has 0 atom stereocenters. The van der Waals surface area contributed by atoms with Gasteiger partial charge in [0.15, 0.2) is 0 Å². The highest BCUT2D eigenvalue weighted by molar-refractivity contribution is 5.21. The second-order valence-electron chi connectivity index (χ2n) is 4.32. The van der Waals surface area contributed by atoms with Gasteiger partial charge in [-0.25, -0.2) is 4.39 Å². The Labute approximate surface area is 107 Å². The molecule has 0 saturated heterocycles. The van der Waals surface area contributed by atoms with E-state index < -0.39 is 0 Å². The third-order valence-electron chi connectivity index (χ3n) is 2.99. The summed E-state index contributed by atoms with van der Waals surface area (Å²) in [6.45, 7) is 3.60. The molecule has 1 aromatic heterocycles. The van der Waals surface area contributed by atoms with E-state index in [0.29, 0.717) is 6.42 Å². The molecule has 0 amide bonds. The van der Waals surface area contributed by atoms with Gasteiger partial charge in [-0.15, -0.1) is 0 Å². The molecule has 0 radical (unpaired) electrons. The third kappa shape index (κ3) is 3.37. The Morgan fingerprint density at radius 2 is 2.00 bits per heavy atom. The summed E-state index contributed by atoms with van der Waals surface area (Å²) >= 11 is 0. The van der Waals surface area contributed by atoms with Crippen molar-refractivity contribution in [3.8, 4) is 0 Å².